The number of piperidine rings is 1. The molecule has 31 heavy (non-hydrogen) atoms. The molecule has 0 aliphatic carbocycles. The zero-order valence-electron chi connectivity index (χ0n) is 17.3. The van der Waals surface area contributed by atoms with Crippen molar-refractivity contribution >= 4 is 21.9 Å². The molecule has 2 aromatic carbocycles. The van der Waals surface area contributed by atoms with Crippen LogP contribution in [-0.2, 0) is 5.60 Å². The van der Waals surface area contributed by atoms with Gasteiger partial charge >= 0.3 is 0 Å². The van der Waals surface area contributed by atoms with Gasteiger partial charge in [-0.25, -0.2) is 0 Å². The molecule has 2 aromatic heterocycles. The second-order valence-electron chi connectivity index (χ2n) is 8.30. The van der Waals surface area contributed by atoms with Crippen molar-refractivity contribution in [1.29, 1.82) is 0 Å². The van der Waals surface area contributed by atoms with Crippen molar-refractivity contribution in [3.05, 3.63) is 72.6 Å². The number of benzene rings is 2. The first-order valence-electron chi connectivity index (χ1n) is 10.7. The summed E-state index contributed by atoms with van der Waals surface area (Å²) in [5.41, 5.74) is 1.68. The van der Waals surface area contributed by atoms with E-state index in [1.807, 2.05) is 54.6 Å². The number of likely N-dealkylation sites (tertiary alicyclic amines) is 1. The Morgan fingerprint density at radius 2 is 1.94 bits per heavy atom. The molecule has 2 N–H and O–H groups in total. The van der Waals surface area contributed by atoms with Gasteiger partial charge in [-0.2, -0.15) is 0 Å². The van der Waals surface area contributed by atoms with E-state index in [9.17, 15) is 10.2 Å². The molecule has 0 bridgehead atoms. The molecule has 1 saturated heterocycles. The van der Waals surface area contributed by atoms with Crippen LogP contribution >= 0.6 is 0 Å². The van der Waals surface area contributed by atoms with E-state index in [0.717, 1.165) is 27.4 Å². The minimum atomic E-state index is -0.883. The molecule has 0 amide bonds. The molecular formula is C25H26N2O4. The number of aliphatic hydroxyl groups excluding tert-OH is 1. The van der Waals surface area contributed by atoms with Gasteiger partial charge in [-0.1, -0.05) is 24.3 Å². The number of pyridine rings is 1. The number of furan rings is 1. The molecule has 3 heterocycles. The zero-order valence-corrected chi connectivity index (χ0v) is 17.3. The number of fused-ring (bicyclic) bond motifs is 2. The third-order valence-corrected chi connectivity index (χ3v) is 6.17. The van der Waals surface area contributed by atoms with E-state index in [1.54, 1.807) is 12.5 Å². The number of rotatable bonds is 6. The molecule has 5 rings (SSSR count). The van der Waals surface area contributed by atoms with E-state index in [4.69, 9.17) is 9.15 Å². The van der Waals surface area contributed by atoms with Gasteiger partial charge in [0.05, 0.1) is 22.8 Å². The van der Waals surface area contributed by atoms with Crippen molar-refractivity contribution in [2.24, 2.45) is 0 Å². The quantitative estimate of drug-likeness (QED) is 0.497. The second-order valence-corrected chi connectivity index (χ2v) is 8.30. The Morgan fingerprint density at radius 3 is 2.81 bits per heavy atom. The molecule has 0 unspecified atom stereocenters. The Balaban J connectivity index is 1.17. The monoisotopic (exact) mass is 418 g/mol. The highest BCUT2D eigenvalue weighted by Gasteiger charge is 2.34. The van der Waals surface area contributed by atoms with Crippen LogP contribution in [0.3, 0.4) is 0 Å². The highest BCUT2D eigenvalue weighted by atomic mass is 16.5. The van der Waals surface area contributed by atoms with E-state index >= 15 is 0 Å². The SMILES string of the molecule is O[C@H](COc1cccc2occc12)CN1CCC(O)(c2cnc3ccccc3c2)CC1. The van der Waals surface area contributed by atoms with Crippen LogP contribution in [0, 0.1) is 0 Å². The number of hydrogen-bond donors (Lipinski definition) is 2. The fourth-order valence-corrected chi connectivity index (χ4v) is 4.35. The zero-order chi connectivity index (χ0) is 21.3. The van der Waals surface area contributed by atoms with Gasteiger partial charge in [0.1, 0.15) is 24.0 Å². The predicted octanol–water partition coefficient (Wildman–Crippen LogP) is 3.70. The molecule has 160 valence electrons. The summed E-state index contributed by atoms with van der Waals surface area (Å²) in [6.07, 6.45) is 4.02. The highest BCUT2D eigenvalue weighted by Crippen LogP contribution is 2.34. The summed E-state index contributed by atoms with van der Waals surface area (Å²) in [6.45, 7) is 2.13. The van der Waals surface area contributed by atoms with Gasteiger partial charge in [-0.3, -0.25) is 4.98 Å². The second kappa shape index (κ2) is 8.30. The Kier molecular flexibility index (Phi) is 5.36. The Bertz CT molecular complexity index is 1180. The lowest BCUT2D eigenvalue weighted by atomic mass is 9.84. The maximum absolute atomic E-state index is 11.2. The van der Waals surface area contributed by atoms with Crippen LogP contribution in [0.2, 0.25) is 0 Å². The number of β-amino-alcohol motifs (C(OH)–C–C–N with tert-alkyl or cyclic N) is 1. The average Bonchev–Trinajstić information content (AvgIpc) is 3.28. The van der Waals surface area contributed by atoms with Crippen LogP contribution in [0.25, 0.3) is 21.9 Å². The molecule has 4 aromatic rings. The molecule has 6 heteroatoms. The number of ether oxygens (including phenoxy) is 1. The third-order valence-electron chi connectivity index (χ3n) is 6.17. The third kappa shape index (κ3) is 4.14. The molecule has 6 nitrogen and oxygen atoms in total. The van der Waals surface area contributed by atoms with Crippen molar-refractivity contribution in [2.45, 2.75) is 24.5 Å². The van der Waals surface area contributed by atoms with Crippen LogP contribution in [0.5, 0.6) is 5.75 Å². The summed E-state index contributed by atoms with van der Waals surface area (Å²) in [5.74, 6) is 0.710. The fourth-order valence-electron chi connectivity index (χ4n) is 4.35. The summed E-state index contributed by atoms with van der Waals surface area (Å²) in [7, 11) is 0. The van der Waals surface area contributed by atoms with Crippen molar-refractivity contribution in [1.82, 2.24) is 9.88 Å². The summed E-state index contributed by atoms with van der Waals surface area (Å²) >= 11 is 0. The minimum absolute atomic E-state index is 0.208. The Labute approximate surface area is 180 Å². The number of nitrogens with zero attached hydrogens (tertiary/aromatic N) is 2. The lowest BCUT2D eigenvalue weighted by molar-refractivity contribution is -0.0373. The van der Waals surface area contributed by atoms with Crippen LogP contribution < -0.4 is 4.74 Å². The van der Waals surface area contributed by atoms with Gasteiger partial charge in [0.25, 0.3) is 0 Å². The van der Waals surface area contributed by atoms with Crippen LogP contribution in [-0.4, -0.2) is 52.4 Å². The molecule has 0 radical (unpaired) electrons. The number of aliphatic hydroxyl groups is 2. The molecule has 1 fully saturated rings. The fraction of sp³-hybridized carbons (Fsp3) is 0.320. The number of para-hydroxylation sites is 1. The first kappa shape index (κ1) is 20.0. The standard InChI is InChI=1S/C25H26N2O4/c28-20(17-31-24-7-3-6-23-21(24)8-13-30-23)16-27-11-9-25(29,10-12-27)19-14-18-4-1-2-5-22(18)26-15-19/h1-8,13-15,20,28-29H,9-12,16-17H2/t20-/m0/s1. The van der Waals surface area contributed by atoms with E-state index in [1.165, 1.54) is 0 Å². The van der Waals surface area contributed by atoms with E-state index in [0.29, 0.717) is 38.2 Å². The van der Waals surface area contributed by atoms with Crippen molar-refractivity contribution in [2.75, 3.05) is 26.2 Å². The first-order chi connectivity index (χ1) is 15.1. The van der Waals surface area contributed by atoms with Gasteiger partial charge in [0, 0.05) is 36.8 Å². The van der Waals surface area contributed by atoms with E-state index in [-0.39, 0.29) is 6.61 Å². The minimum Gasteiger partial charge on any atom is -0.490 e. The smallest absolute Gasteiger partial charge is 0.137 e. The highest BCUT2D eigenvalue weighted by molar-refractivity contribution is 5.83. The van der Waals surface area contributed by atoms with Crippen LogP contribution in [0.15, 0.2) is 71.5 Å². The molecule has 0 saturated carbocycles. The van der Waals surface area contributed by atoms with Crippen molar-refractivity contribution in [3.8, 4) is 5.75 Å². The van der Waals surface area contributed by atoms with Gasteiger partial charge in [-0.15, -0.1) is 0 Å². The summed E-state index contributed by atoms with van der Waals surface area (Å²) in [5, 5.41) is 23.7. The summed E-state index contributed by atoms with van der Waals surface area (Å²) < 4.78 is 11.2. The summed E-state index contributed by atoms with van der Waals surface area (Å²) in [4.78, 5) is 6.68. The maximum Gasteiger partial charge on any atom is 0.137 e. The maximum atomic E-state index is 11.2. The molecule has 1 aliphatic rings. The lowest BCUT2D eigenvalue weighted by Crippen LogP contribution is -2.46. The van der Waals surface area contributed by atoms with Gasteiger partial charge in [0.15, 0.2) is 0 Å². The van der Waals surface area contributed by atoms with Crippen molar-refractivity contribution < 1.29 is 19.4 Å². The van der Waals surface area contributed by atoms with Gasteiger partial charge in [0.2, 0.25) is 0 Å². The molecule has 0 spiro atoms. The van der Waals surface area contributed by atoms with E-state index in [2.05, 4.69) is 9.88 Å². The number of hydrogen-bond acceptors (Lipinski definition) is 6. The first-order valence-corrected chi connectivity index (χ1v) is 10.7. The Hall–Kier alpha value is -2.93. The lowest BCUT2D eigenvalue weighted by Gasteiger charge is -2.39. The van der Waals surface area contributed by atoms with Gasteiger partial charge in [-0.05, 0) is 43.2 Å². The predicted molar refractivity (Wildman–Crippen MR) is 119 cm³/mol. The molecule has 1 aliphatic heterocycles. The van der Waals surface area contributed by atoms with E-state index < -0.39 is 11.7 Å². The topological polar surface area (TPSA) is 79.0 Å². The van der Waals surface area contributed by atoms with Crippen LogP contribution in [0.1, 0.15) is 18.4 Å². The largest absolute Gasteiger partial charge is 0.490 e. The normalized spacial score (nSPS) is 17.7. The average molecular weight is 418 g/mol. The van der Waals surface area contributed by atoms with Gasteiger partial charge < -0.3 is 24.3 Å². The molecule has 1 atom stereocenters. The number of aromatic nitrogens is 1. The summed E-state index contributed by atoms with van der Waals surface area (Å²) in [6, 6.07) is 17.5. The van der Waals surface area contributed by atoms with Crippen LogP contribution in [0.4, 0.5) is 0 Å². The molecular weight excluding hydrogens is 392 g/mol. The Morgan fingerprint density at radius 1 is 1.10 bits per heavy atom. The van der Waals surface area contributed by atoms with Crippen molar-refractivity contribution in [3.63, 3.8) is 0 Å².